The van der Waals surface area contributed by atoms with Crippen molar-refractivity contribution in [3.63, 3.8) is 0 Å². The van der Waals surface area contributed by atoms with E-state index in [1.165, 1.54) is 0 Å². The summed E-state index contributed by atoms with van der Waals surface area (Å²) in [5, 5.41) is 18.2. The zero-order chi connectivity index (χ0) is 13.7. The first kappa shape index (κ1) is 15.9. The molecule has 0 heterocycles. The Labute approximate surface area is 103 Å². The minimum absolute atomic E-state index is 0.511. The molecular formula is C13H24O4. The van der Waals surface area contributed by atoms with Gasteiger partial charge in [0.15, 0.2) is 0 Å². The molecule has 0 spiro atoms. The molecule has 0 unspecified atom stereocenters. The third-order valence-corrected chi connectivity index (χ3v) is 3.84. The summed E-state index contributed by atoms with van der Waals surface area (Å²) in [5.74, 6) is -1.60. The summed E-state index contributed by atoms with van der Waals surface area (Å²) < 4.78 is 0. The highest BCUT2D eigenvalue weighted by atomic mass is 16.4. The molecule has 0 fully saturated rings. The summed E-state index contributed by atoms with van der Waals surface area (Å²) in [7, 11) is 0. The van der Waals surface area contributed by atoms with Crippen LogP contribution in [-0.2, 0) is 9.59 Å². The van der Waals surface area contributed by atoms with Crippen molar-refractivity contribution < 1.29 is 19.8 Å². The number of carboxylic acids is 2. The minimum atomic E-state index is -0.827. The van der Waals surface area contributed by atoms with Crippen LogP contribution in [0.5, 0.6) is 0 Å². The first-order chi connectivity index (χ1) is 7.72. The number of hydrogen-bond acceptors (Lipinski definition) is 2. The minimum Gasteiger partial charge on any atom is -0.481 e. The van der Waals surface area contributed by atoms with Gasteiger partial charge in [-0.2, -0.15) is 0 Å². The van der Waals surface area contributed by atoms with Crippen molar-refractivity contribution in [3.8, 4) is 0 Å². The fraction of sp³-hybridized carbons (Fsp3) is 0.846. The van der Waals surface area contributed by atoms with Crippen LogP contribution in [0.2, 0.25) is 0 Å². The maximum atomic E-state index is 11.3. The van der Waals surface area contributed by atoms with Gasteiger partial charge in [0.25, 0.3) is 0 Å². The van der Waals surface area contributed by atoms with Crippen LogP contribution in [-0.4, -0.2) is 22.2 Å². The van der Waals surface area contributed by atoms with Gasteiger partial charge in [0.1, 0.15) is 0 Å². The zero-order valence-electron chi connectivity index (χ0n) is 11.2. The first-order valence-electron chi connectivity index (χ1n) is 6.18. The third kappa shape index (κ3) is 4.02. The Bertz CT molecular complexity index is 277. The van der Waals surface area contributed by atoms with Crippen molar-refractivity contribution >= 4 is 11.9 Å². The van der Waals surface area contributed by atoms with E-state index in [0.717, 1.165) is 0 Å². The molecule has 0 saturated carbocycles. The van der Waals surface area contributed by atoms with Crippen LogP contribution < -0.4 is 0 Å². The predicted molar refractivity (Wildman–Crippen MR) is 65.9 cm³/mol. The fourth-order valence-electron chi connectivity index (χ4n) is 1.99. The molecule has 0 aromatic carbocycles. The van der Waals surface area contributed by atoms with E-state index >= 15 is 0 Å². The highest BCUT2D eigenvalue weighted by Gasteiger charge is 2.35. The number of hydrogen-bond donors (Lipinski definition) is 2. The van der Waals surface area contributed by atoms with E-state index < -0.39 is 22.8 Å². The Hall–Kier alpha value is -1.06. The predicted octanol–water partition coefficient (Wildman–Crippen LogP) is 3.16. The van der Waals surface area contributed by atoms with Crippen LogP contribution in [0.25, 0.3) is 0 Å². The molecule has 0 saturated heterocycles. The van der Waals surface area contributed by atoms with E-state index in [0.29, 0.717) is 32.1 Å². The quantitative estimate of drug-likeness (QED) is 0.687. The maximum absolute atomic E-state index is 11.3. The number of rotatable bonds is 8. The molecule has 4 nitrogen and oxygen atoms in total. The summed E-state index contributed by atoms with van der Waals surface area (Å²) in [6, 6.07) is 0. The van der Waals surface area contributed by atoms with Gasteiger partial charge in [0.05, 0.1) is 10.8 Å². The largest absolute Gasteiger partial charge is 0.481 e. The lowest BCUT2D eigenvalue weighted by Gasteiger charge is -2.28. The number of carboxylic acid groups (broad SMARTS) is 2. The van der Waals surface area contributed by atoms with Crippen LogP contribution in [0, 0.1) is 10.8 Å². The van der Waals surface area contributed by atoms with Crippen molar-refractivity contribution in [1.29, 1.82) is 0 Å². The molecule has 0 aromatic heterocycles. The fourth-order valence-corrected chi connectivity index (χ4v) is 1.99. The van der Waals surface area contributed by atoms with Crippen LogP contribution in [0.1, 0.15) is 59.8 Å². The van der Waals surface area contributed by atoms with Gasteiger partial charge in [-0.25, -0.2) is 0 Å². The molecule has 0 rings (SSSR count). The van der Waals surface area contributed by atoms with E-state index in [1.54, 1.807) is 13.8 Å². The lowest BCUT2D eigenvalue weighted by atomic mass is 9.76. The van der Waals surface area contributed by atoms with Crippen molar-refractivity contribution in [2.24, 2.45) is 10.8 Å². The van der Waals surface area contributed by atoms with Crippen LogP contribution in [0.4, 0.5) is 0 Å². The van der Waals surface area contributed by atoms with Crippen LogP contribution in [0.3, 0.4) is 0 Å². The second kappa shape index (κ2) is 6.03. The van der Waals surface area contributed by atoms with Crippen LogP contribution in [0.15, 0.2) is 0 Å². The van der Waals surface area contributed by atoms with E-state index in [2.05, 4.69) is 0 Å². The average Bonchev–Trinajstić information content (AvgIpc) is 2.24. The topological polar surface area (TPSA) is 74.6 Å². The van der Waals surface area contributed by atoms with Crippen molar-refractivity contribution in [2.75, 3.05) is 0 Å². The summed E-state index contributed by atoms with van der Waals surface area (Å²) in [4.78, 5) is 22.2. The van der Waals surface area contributed by atoms with Gasteiger partial charge in [0, 0.05) is 0 Å². The molecule has 0 radical (unpaired) electrons. The summed E-state index contributed by atoms with van der Waals surface area (Å²) >= 11 is 0. The Morgan fingerprint density at radius 1 is 0.941 bits per heavy atom. The molecule has 100 valence electrons. The van der Waals surface area contributed by atoms with Crippen molar-refractivity contribution in [1.82, 2.24) is 0 Å². The molecular weight excluding hydrogens is 220 g/mol. The average molecular weight is 244 g/mol. The Morgan fingerprint density at radius 3 is 1.71 bits per heavy atom. The summed E-state index contributed by atoms with van der Waals surface area (Å²) in [6.07, 6.45) is 2.87. The number of aliphatic carboxylic acids is 2. The Balaban J connectivity index is 4.44. The van der Waals surface area contributed by atoms with Gasteiger partial charge in [-0.05, 0) is 39.5 Å². The van der Waals surface area contributed by atoms with E-state index in [-0.39, 0.29) is 0 Å². The standard InChI is InChI=1S/C13H24O4/c1-5-13(6-2,11(16)17)9-7-8-12(3,4)10(14)15/h5-9H2,1-4H3,(H,14,15)(H,16,17). The molecule has 0 aromatic rings. The normalized spacial score (nSPS) is 12.5. The van der Waals surface area contributed by atoms with Gasteiger partial charge in [-0.15, -0.1) is 0 Å². The van der Waals surface area contributed by atoms with Gasteiger partial charge >= 0.3 is 11.9 Å². The van der Waals surface area contributed by atoms with Gasteiger partial charge in [-0.3, -0.25) is 9.59 Å². The van der Waals surface area contributed by atoms with Gasteiger partial charge < -0.3 is 10.2 Å². The molecule has 0 aliphatic heterocycles. The first-order valence-corrected chi connectivity index (χ1v) is 6.18. The van der Waals surface area contributed by atoms with E-state index in [9.17, 15) is 14.7 Å². The molecule has 2 N–H and O–H groups in total. The van der Waals surface area contributed by atoms with Crippen LogP contribution >= 0.6 is 0 Å². The number of carbonyl (C=O) groups is 2. The Kier molecular flexibility index (Phi) is 5.66. The monoisotopic (exact) mass is 244 g/mol. The lowest BCUT2D eigenvalue weighted by molar-refractivity contribution is -0.150. The highest BCUT2D eigenvalue weighted by Crippen LogP contribution is 2.35. The molecule has 0 bridgehead atoms. The second-order valence-corrected chi connectivity index (χ2v) is 5.34. The Morgan fingerprint density at radius 2 is 1.41 bits per heavy atom. The zero-order valence-corrected chi connectivity index (χ0v) is 11.2. The molecule has 0 amide bonds. The maximum Gasteiger partial charge on any atom is 0.309 e. The summed E-state index contributed by atoms with van der Waals surface area (Å²) in [6.45, 7) is 7.10. The van der Waals surface area contributed by atoms with E-state index in [1.807, 2.05) is 13.8 Å². The molecule has 0 atom stereocenters. The second-order valence-electron chi connectivity index (χ2n) is 5.34. The SMILES string of the molecule is CCC(CC)(CCCC(C)(C)C(=O)O)C(=O)O. The molecule has 0 aliphatic rings. The summed E-state index contributed by atoms with van der Waals surface area (Å²) in [5.41, 5.74) is -1.46. The molecule has 4 heteroatoms. The smallest absolute Gasteiger partial charge is 0.309 e. The highest BCUT2D eigenvalue weighted by molar-refractivity contribution is 5.74. The molecule has 0 aliphatic carbocycles. The lowest BCUT2D eigenvalue weighted by Crippen LogP contribution is -2.31. The van der Waals surface area contributed by atoms with Gasteiger partial charge in [-0.1, -0.05) is 20.3 Å². The van der Waals surface area contributed by atoms with Crippen molar-refractivity contribution in [2.45, 2.75) is 59.8 Å². The molecule has 17 heavy (non-hydrogen) atoms. The van der Waals surface area contributed by atoms with Crippen molar-refractivity contribution in [3.05, 3.63) is 0 Å². The van der Waals surface area contributed by atoms with Gasteiger partial charge in [0.2, 0.25) is 0 Å². The third-order valence-electron chi connectivity index (χ3n) is 3.84. The van der Waals surface area contributed by atoms with E-state index in [4.69, 9.17) is 5.11 Å².